The van der Waals surface area contributed by atoms with Crippen molar-refractivity contribution in [2.75, 3.05) is 37.7 Å². The number of amides is 1. The molecule has 2 saturated heterocycles. The maximum absolute atomic E-state index is 11.4. The van der Waals surface area contributed by atoms with Crippen molar-refractivity contribution in [1.29, 1.82) is 0 Å². The molecule has 0 atom stereocenters. The fourth-order valence-corrected chi connectivity index (χ4v) is 2.67. The van der Waals surface area contributed by atoms with E-state index in [0.29, 0.717) is 6.42 Å². The summed E-state index contributed by atoms with van der Waals surface area (Å²) in [5.41, 5.74) is 5.33. The van der Waals surface area contributed by atoms with E-state index in [1.54, 1.807) is 0 Å². The van der Waals surface area contributed by atoms with Gasteiger partial charge < -0.3 is 5.32 Å². The van der Waals surface area contributed by atoms with Crippen molar-refractivity contribution in [1.82, 2.24) is 15.6 Å². The molecular weight excluding hydrogens is 240 g/mol. The van der Waals surface area contributed by atoms with Crippen molar-refractivity contribution in [3.05, 3.63) is 29.8 Å². The standard InChI is InChI=1S/C14H20N4O/c19-14-5-8-18(16-14)13-4-2-1-3-12(13)11-17-9-6-15-7-10-17/h1-4,15H,5-11H2,(H,16,19). The van der Waals surface area contributed by atoms with Crippen LogP contribution in [0.25, 0.3) is 0 Å². The molecule has 2 heterocycles. The molecule has 19 heavy (non-hydrogen) atoms. The van der Waals surface area contributed by atoms with Crippen LogP contribution in [-0.2, 0) is 11.3 Å². The second-order valence-electron chi connectivity index (χ2n) is 5.09. The summed E-state index contributed by atoms with van der Waals surface area (Å²) in [5.74, 6) is 0.108. The van der Waals surface area contributed by atoms with Crippen molar-refractivity contribution in [3.63, 3.8) is 0 Å². The van der Waals surface area contributed by atoms with Crippen LogP contribution in [-0.4, -0.2) is 43.5 Å². The fourth-order valence-electron chi connectivity index (χ4n) is 2.67. The Hall–Kier alpha value is -1.59. The Morgan fingerprint density at radius 3 is 2.63 bits per heavy atom. The average Bonchev–Trinajstić information content (AvgIpc) is 2.87. The molecule has 2 fully saturated rings. The van der Waals surface area contributed by atoms with Crippen LogP contribution in [0, 0.1) is 0 Å². The summed E-state index contributed by atoms with van der Waals surface area (Å²) in [6.07, 6.45) is 0.585. The Morgan fingerprint density at radius 1 is 1.11 bits per heavy atom. The maximum Gasteiger partial charge on any atom is 0.240 e. The van der Waals surface area contributed by atoms with Crippen molar-refractivity contribution < 1.29 is 4.79 Å². The first-order chi connectivity index (χ1) is 9.33. The number of hydrazine groups is 1. The molecule has 0 aliphatic carbocycles. The maximum atomic E-state index is 11.4. The third kappa shape index (κ3) is 2.88. The van der Waals surface area contributed by atoms with Crippen LogP contribution >= 0.6 is 0 Å². The van der Waals surface area contributed by atoms with Crippen LogP contribution in [0.1, 0.15) is 12.0 Å². The van der Waals surface area contributed by atoms with Gasteiger partial charge in [0.25, 0.3) is 0 Å². The first-order valence-corrected chi connectivity index (χ1v) is 6.91. The Bertz CT molecular complexity index is 457. The highest BCUT2D eigenvalue weighted by molar-refractivity contribution is 5.81. The van der Waals surface area contributed by atoms with Crippen LogP contribution in [0.3, 0.4) is 0 Å². The predicted octanol–water partition coefficient (Wildman–Crippen LogP) is 0.333. The van der Waals surface area contributed by atoms with Gasteiger partial charge in [0.2, 0.25) is 5.91 Å². The summed E-state index contributed by atoms with van der Waals surface area (Å²) < 4.78 is 0. The van der Waals surface area contributed by atoms with Gasteiger partial charge in [0.05, 0.1) is 5.69 Å². The highest BCUT2D eigenvalue weighted by Crippen LogP contribution is 2.22. The molecule has 1 aromatic rings. The first kappa shape index (κ1) is 12.4. The third-order valence-corrected chi connectivity index (χ3v) is 3.71. The number of hydrogen-bond acceptors (Lipinski definition) is 4. The van der Waals surface area contributed by atoms with Gasteiger partial charge in [-0.1, -0.05) is 18.2 Å². The average molecular weight is 260 g/mol. The molecule has 102 valence electrons. The zero-order chi connectivity index (χ0) is 13.1. The van der Waals surface area contributed by atoms with Gasteiger partial charge in [-0.25, -0.2) is 0 Å². The molecule has 2 N–H and O–H groups in total. The van der Waals surface area contributed by atoms with E-state index in [4.69, 9.17) is 0 Å². The van der Waals surface area contributed by atoms with Crippen LogP contribution in [0.4, 0.5) is 5.69 Å². The van der Waals surface area contributed by atoms with E-state index in [1.807, 2.05) is 11.1 Å². The summed E-state index contributed by atoms with van der Waals surface area (Å²) in [6.45, 7) is 5.99. The Kier molecular flexibility index (Phi) is 3.66. The number of piperazine rings is 1. The molecule has 0 saturated carbocycles. The van der Waals surface area contributed by atoms with Gasteiger partial charge in [0.15, 0.2) is 0 Å². The molecule has 1 amide bonds. The quantitative estimate of drug-likeness (QED) is 0.822. The third-order valence-electron chi connectivity index (χ3n) is 3.71. The van der Waals surface area contributed by atoms with Crippen molar-refractivity contribution >= 4 is 11.6 Å². The number of para-hydroxylation sites is 1. The summed E-state index contributed by atoms with van der Waals surface area (Å²) >= 11 is 0. The summed E-state index contributed by atoms with van der Waals surface area (Å²) in [7, 11) is 0. The molecule has 0 aromatic heterocycles. The second kappa shape index (κ2) is 5.59. The van der Waals surface area contributed by atoms with Crippen molar-refractivity contribution in [3.8, 4) is 0 Å². The summed E-state index contributed by atoms with van der Waals surface area (Å²) in [6, 6.07) is 8.34. The topological polar surface area (TPSA) is 47.6 Å². The SMILES string of the molecule is O=C1CCN(c2ccccc2CN2CCNCC2)N1. The van der Waals surface area contributed by atoms with Crippen molar-refractivity contribution in [2.24, 2.45) is 0 Å². The van der Waals surface area contributed by atoms with E-state index < -0.39 is 0 Å². The van der Waals surface area contributed by atoms with Gasteiger partial charge in [-0.2, -0.15) is 0 Å². The molecule has 0 bridgehead atoms. The van der Waals surface area contributed by atoms with Crippen LogP contribution in [0.2, 0.25) is 0 Å². The molecule has 3 rings (SSSR count). The zero-order valence-electron chi connectivity index (χ0n) is 11.1. The minimum absolute atomic E-state index is 0.108. The van der Waals surface area contributed by atoms with Crippen LogP contribution in [0.5, 0.6) is 0 Å². The van der Waals surface area contributed by atoms with E-state index in [-0.39, 0.29) is 5.91 Å². The largest absolute Gasteiger partial charge is 0.314 e. The van der Waals surface area contributed by atoms with Gasteiger partial charge in [-0.05, 0) is 11.6 Å². The minimum Gasteiger partial charge on any atom is -0.314 e. The van der Waals surface area contributed by atoms with Crippen LogP contribution < -0.4 is 15.8 Å². The Morgan fingerprint density at radius 2 is 1.89 bits per heavy atom. The van der Waals surface area contributed by atoms with Gasteiger partial charge >= 0.3 is 0 Å². The number of anilines is 1. The number of benzene rings is 1. The van der Waals surface area contributed by atoms with E-state index >= 15 is 0 Å². The lowest BCUT2D eigenvalue weighted by Crippen LogP contribution is -2.43. The van der Waals surface area contributed by atoms with E-state index in [9.17, 15) is 4.79 Å². The number of rotatable bonds is 3. The van der Waals surface area contributed by atoms with Crippen LogP contribution in [0.15, 0.2) is 24.3 Å². The molecule has 0 radical (unpaired) electrons. The number of carbonyl (C=O) groups excluding carboxylic acids is 1. The van der Waals surface area contributed by atoms with Gasteiger partial charge in [0.1, 0.15) is 0 Å². The first-order valence-electron chi connectivity index (χ1n) is 6.91. The highest BCUT2D eigenvalue weighted by atomic mass is 16.2. The fraction of sp³-hybridized carbons (Fsp3) is 0.500. The zero-order valence-corrected chi connectivity index (χ0v) is 11.1. The van der Waals surface area contributed by atoms with Crippen molar-refractivity contribution in [2.45, 2.75) is 13.0 Å². The predicted molar refractivity (Wildman–Crippen MR) is 74.7 cm³/mol. The lowest BCUT2D eigenvalue weighted by molar-refractivity contribution is -0.119. The molecule has 5 nitrogen and oxygen atoms in total. The van der Waals surface area contributed by atoms with Gasteiger partial charge in [-0.15, -0.1) is 0 Å². The molecular formula is C14H20N4O. The molecule has 2 aliphatic heterocycles. The van der Waals surface area contributed by atoms with E-state index in [2.05, 4.69) is 33.8 Å². The molecule has 0 unspecified atom stereocenters. The molecule has 5 heteroatoms. The lowest BCUT2D eigenvalue weighted by atomic mass is 10.1. The monoisotopic (exact) mass is 260 g/mol. The smallest absolute Gasteiger partial charge is 0.240 e. The normalized spacial score (nSPS) is 20.6. The summed E-state index contributed by atoms with van der Waals surface area (Å²) in [5, 5.41) is 5.34. The van der Waals surface area contributed by atoms with Gasteiger partial charge in [0, 0.05) is 45.7 Å². The molecule has 1 aromatic carbocycles. The van der Waals surface area contributed by atoms with E-state index in [1.165, 1.54) is 5.56 Å². The second-order valence-corrected chi connectivity index (χ2v) is 5.09. The minimum atomic E-state index is 0.108. The number of carbonyl (C=O) groups is 1. The number of nitrogens with zero attached hydrogens (tertiary/aromatic N) is 2. The van der Waals surface area contributed by atoms with E-state index in [0.717, 1.165) is 45.0 Å². The van der Waals surface area contributed by atoms with Gasteiger partial charge in [-0.3, -0.25) is 20.1 Å². The summed E-state index contributed by atoms with van der Waals surface area (Å²) in [4.78, 5) is 13.8. The number of nitrogens with one attached hydrogen (secondary N) is 2. The lowest BCUT2D eigenvalue weighted by Gasteiger charge is -2.29. The molecule has 2 aliphatic rings. The molecule has 0 spiro atoms. The Balaban J connectivity index is 1.75. The number of hydrogen-bond donors (Lipinski definition) is 2. The Labute approximate surface area is 113 Å². The highest BCUT2D eigenvalue weighted by Gasteiger charge is 2.21.